The van der Waals surface area contributed by atoms with Crippen LogP contribution < -0.4 is 0 Å². The first-order chi connectivity index (χ1) is 11.6. The van der Waals surface area contributed by atoms with E-state index in [2.05, 4.69) is 0 Å². The highest BCUT2D eigenvalue weighted by Crippen LogP contribution is 2.28. The van der Waals surface area contributed by atoms with Gasteiger partial charge in [-0.1, -0.05) is 43.5 Å². The summed E-state index contributed by atoms with van der Waals surface area (Å²) in [6, 6.07) is 7.00. The van der Waals surface area contributed by atoms with Crippen molar-refractivity contribution >= 4 is 17.7 Å². The minimum atomic E-state index is -0.718. The van der Waals surface area contributed by atoms with Gasteiger partial charge in [0.25, 0.3) is 5.91 Å². The molecular formula is C19H23NO4. The number of nitrogens with zero attached hydrogens (tertiary/aromatic N) is 1. The molecule has 1 aromatic rings. The number of Topliss-reactive ketones (excluding diaryl/α,β-unsaturated/α-hetero) is 1. The molecule has 0 aromatic heterocycles. The summed E-state index contributed by atoms with van der Waals surface area (Å²) in [5.74, 6) is -1.54. The smallest absolute Gasteiger partial charge is 0.328 e. The van der Waals surface area contributed by atoms with Crippen molar-refractivity contribution in [3.05, 3.63) is 35.4 Å². The molecule has 128 valence electrons. The second-order valence-corrected chi connectivity index (χ2v) is 6.64. The van der Waals surface area contributed by atoms with Crippen LogP contribution in [0.4, 0.5) is 0 Å². The van der Waals surface area contributed by atoms with Crippen molar-refractivity contribution in [3.63, 3.8) is 0 Å². The Labute approximate surface area is 142 Å². The van der Waals surface area contributed by atoms with E-state index in [9.17, 15) is 14.4 Å². The standard InChI is InChI=1S/C19H23NO4/c1-24-19(23)16-11-14-9-5-6-10-15(14)12-20(16)18(22)17(21)13-7-3-2-4-8-13/h5-6,9-10,13,16H,2-4,7-8,11-12H2,1H3/t16-/m0/s1. The fourth-order valence-corrected chi connectivity index (χ4v) is 3.76. The Morgan fingerprint density at radius 3 is 2.38 bits per heavy atom. The van der Waals surface area contributed by atoms with Crippen LogP contribution in [0.25, 0.3) is 0 Å². The molecule has 1 aromatic carbocycles. The molecule has 0 N–H and O–H groups in total. The molecule has 1 fully saturated rings. The number of fused-ring (bicyclic) bond motifs is 1. The van der Waals surface area contributed by atoms with Crippen molar-refractivity contribution in [1.29, 1.82) is 0 Å². The predicted octanol–water partition coefficient (Wildman–Crippen LogP) is 2.26. The van der Waals surface area contributed by atoms with E-state index in [0.29, 0.717) is 6.42 Å². The Bertz CT molecular complexity index is 649. The molecule has 2 aliphatic rings. The van der Waals surface area contributed by atoms with E-state index in [-0.39, 0.29) is 18.2 Å². The third kappa shape index (κ3) is 3.21. The van der Waals surface area contributed by atoms with Crippen molar-refractivity contribution in [2.75, 3.05) is 7.11 Å². The van der Waals surface area contributed by atoms with Gasteiger partial charge in [-0.3, -0.25) is 9.59 Å². The topological polar surface area (TPSA) is 63.7 Å². The Hall–Kier alpha value is -2.17. The third-order valence-corrected chi connectivity index (χ3v) is 5.17. The highest BCUT2D eigenvalue weighted by molar-refractivity contribution is 6.37. The van der Waals surface area contributed by atoms with Gasteiger partial charge in [-0.05, 0) is 24.0 Å². The van der Waals surface area contributed by atoms with Crippen molar-refractivity contribution < 1.29 is 19.1 Å². The van der Waals surface area contributed by atoms with Gasteiger partial charge in [0.1, 0.15) is 6.04 Å². The summed E-state index contributed by atoms with van der Waals surface area (Å²) in [6.07, 6.45) is 5.06. The maximum absolute atomic E-state index is 12.8. The molecule has 0 saturated heterocycles. The Kier molecular flexibility index (Phi) is 4.97. The Morgan fingerprint density at radius 1 is 1.04 bits per heavy atom. The SMILES string of the molecule is COC(=O)[C@@H]1Cc2ccccc2CN1C(=O)C(=O)C1CCCCC1. The zero-order valence-corrected chi connectivity index (χ0v) is 14.0. The molecule has 1 heterocycles. The van der Waals surface area contributed by atoms with E-state index in [1.807, 2.05) is 24.3 Å². The molecule has 3 rings (SSSR count). The Morgan fingerprint density at radius 2 is 1.71 bits per heavy atom. The van der Waals surface area contributed by atoms with Crippen molar-refractivity contribution in [2.24, 2.45) is 5.92 Å². The number of methoxy groups -OCH3 is 1. The van der Waals surface area contributed by atoms with Crippen LogP contribution >= 0.6 is 0 Å². The lowest BCUT2D eigenvalue weighted by molar-refractivity contribution is -0.158. The predicted molar refractivity (Wildman–Crippen MR) is 88.1 cm³/mol. The number of esters is 1. The highest BCUT2D eigenvalue weighted by atomic mass is 16.5. The lowest BCUT2D eigenvalue weighted by Gasteiger charge is -2.35. The van der Waals surface area contributed by atoms with E-state index in [1.54, 1.807) is 0 Å². The summed E-state index contributed by atoms with van der Waals surface area (Å²) in [5.41, 5.74) is 2.02. The molecule has 0 radical (unpaired) electrons. The van der Waals surface area contributed by atoms with E-state index in [0.717, 1.165) is 43.2 Å². The van der Waals surface area contributed by atoms with E-state index < -0.39 is 17.9 Å². The van der Waals surface area contributed by atoms with E-state index in [1.165, 1.54) is 12.0 Å². The van der Waals surface area contributed by atoms with Crippen LogP contribution in [0.5, 0.6) is 0 Å². The highest BCUT2D eigenvalue weighted by Gasteiger charge is 2.39. The summed E-state index contributed by atoms with van der Waals surface area (Å²) in [6.45, 7) is 0.285. The number of ether oxygens (including phenoxy) is 1. The third-order valence-electron chi connectivity index (χ3n) is 5.17. The lowest BCUT2D eigenvalue weighted by Crippen LogP contribution is -2.52. The lowest BCUT2D eigenvalue weighted by atomic mass is 9.85. The average molecular weight is 329 g/mol. The first kappa shape index (κ1) is 16.7. The molecule has 1 amide bonds. The quantitative estimate of drug-likeness (QED) is 0.630. The van der Waals surface area contributed by atoms with Gasteiger partial charge in [0.15, 0.2) is 0 Å². The van der Waals surface area contributed by atoms with Crippen LogP contribution in [-0.4, -0.2) is 35.7 Å². The molecule has 0 spiro atoms. The molecule has 24 heavy (non-hydrogen) atoms. The minimum absolute atomic E-state index is 0.193. The van der Waals surface area contributed by atoms with Gasteiger partial charge < -0.3 is 9.64 Å². The van der Waals surface area contributed by atoms with Gasteiger partial charge in [-0.15, -0.1) is 0 Å². The normalized spacial score (nSPS) is 21.0. The molecule has 5 heteroatoms. The Balaban J connectivity index is 1.84. The van der Waals surface area contributed by atoms with Crippen molar-refractivity contribution in [2.45, 2.75) is 51.1 Å². The fraction of sp³-hybridized carbons (Fsp3) is 0.526. The maximum Gasteiger partial charge on any atom is 0.328 e. The molecule has 1 atom stereocenters. The van der Waals surface area contributed by atoms with Crippen molar-refractivity contribution in [3.8, 4) is 0 Å². The second kappa shape index (κ2) is 7.16. The largest absolute Gasteiger partial charge is 0.467 e. The molecule has 1 aliphatic heterocycles. The van der Waals surface area contributed by atoms with E-state index in [4.69, 9.17) is 4.74 Å². The molecule has 0 unspecified atom stereocenters. The number of hydrogen-bond acceptors (Lipinski definition) is 4. The zero-order chi connectivity index (χ0) is 17.1. The molecule has 1 aliphatic carbocycles. The number of benzene rings is 1. The molecule has 5 nitrogen and oxygen atoms in total. The van der Waals surface area contributed by atoms with Crippen LogP contribution in [0.3, 0.4) is 0 Å². The van der Waals surface area contributed by atoms with Crippen molar-refractivity contribution in [1.82, 2.24) is 4.90 Å². The first-order valence-corrected chi connectivity index (χ1v) is 8.61. The van der Waals surface area contributed by atoms with E-state index >= 15 is 0 Å². The number of amides is 1. The van der Waals surface area contributed by atoms with Gasteiger partial charge in [0, 0.05) is 18.9 Å². The first-order valence-electron chi connectivity index (χ1n) is 8.61. The van der Waals surface area contributed by atoms with Gasteiger partial charge in [0.2, 0.25) is 5.78 Å². The number of rotatable bonds is 3. The summed E-state index contributed by atoms with van der Waals surface area (Å²) >= 11 is 0. The summed E-state index contributed by atoms with van der Waals surface area (Å²) in [5, 5.41) is 0. The van der Waals surface area contributed by atoms with Gasteiger partial charge in [-0.2, -0.15) is 0 Å². The zero-order valence-electron chi connectivity index (χ0n) is 14.0. The van der Waals surface area contributed by atoms with Crippen LogP contribution in [0.15, 0.2) is 24.3 Å². The number of carbonyl (C=O) groups is 3. The number of ketones is 1. The monoisotopic (exact) mass is 329 g/mol. The van der Waals surface area contributed by atoms with Crippen LogP contribution in [0.1, 0.15) is 43.2 Å². The molecule has 0 bridgehead atoms. The van der Waals surface area contributed by atoms with Gasteiger partial charge in [0.05, 0.1) is 7.11 Å². The average Bonchev–Trinajstić information content (AvgIpc) is 2.65. The number of hydrogen-bond donors (Lipinski definition) is 0. The second-order valence-electron chi connectivity index (χ2n) is 6.64. The fourth-order valence-electron chi connectivity index (χ4n) is 3.76. The van der Waals surface area contributed by atoms with Crippen LogP contribution in [0, 0.1) is 5.92 Å². The van der Waals surface area contributed by atoms with Crippen LogP contribution in [-0.2, 0) is 32.1 Å². The van der Waals surface area contributed by atoms with Gasteiger partial charge >= 0.3 is 5.97 Å². The molecule has 1 saturated carbocycles. The molecular weight excluding hydrogens is 306 g/mol. The summed E-state index contributed by atoms with van der Waals surface area (Å²) in [7, 11) is 1.31. The maximum atomic E-state index is 12.8. The minimum Gasteiger partial charge on any atom is -0.467 e. The summed E-state index contributed by atoms with van der Waals surface area (Å²) < 4.78 is 4.87. The van der Waals surface area contributed by atoms with Gasteiger partial charge in [-0.25, -0.2) is 4.79 Å². The number of carbonyl (C=O) groups excluding carboxylic acids is 3. The van der Waals surface area contributed by atoms with Crippen LogP contribution in [0.2, 0.25) is 0 Å². The summed E-state index contributed by atoms with van der Waals surface area (Å²) in [4.78, 5) is 39.0.